The summed E-state index contributed by atoms with van der Waals surface area (Å²) in [4.78, 5) is 12.4. The van der Waals surface area contributed by atoms with E-state index in [2.05, 4.69) is 26.1 Å². The number of ether oxygens (including phenoxy) is 1. The van der Waals surface area contributed by atoms with Crippen molar-refractivity contribution in [2.24, 2.45) is 0 Å². The zero-order valence-corrected chi connectivity index (χ0v) is 13.8. The third-order valence-corrected chi connectivity index (χ3v) is 3.57. The normalized spacial score (nSPS) is 10.7. The first-order valence-electron chi connectivity index (χ1n) is 7.35. The van der Waals surface area contributed by atoms with Crippen LogP contribution in [0, 0.1) is 11.3 Å². The van der Waals surface area contributed by atoms with Crippen molar-refractivity contribution in [1.82, 2.24) is 0 Å². The Morgan fingerprint density at radius 1 is 1.17 bits per heavy atom. The quantitative estimate of drug-likeness (QED) is 0.928. The molecule has 0 spiro atoms. The summed E-state index contributed by atoms with van der Waals surface area (Å²) in [5, 5.41) is 11.8. The molecule has 2 rings (SSSR count). The Labute approximate surface area is 136 Å². The summed E-state index contributed by atoms with van der Waals surface area (Å²) in [7, 11) is 1.57. The van der Waals surface area contributed by atoms with E-state index in [1.54, 1.807) is 31.4 Å². The number of methoxy groups -OCH3 is 1. The van der Waals surface area contributed by atoms with Crippen LogP contribution in [0.25, 0.3) is 0 Å². The van der Waals surface area contributed by atoms with Crippen molar-refractivity contribution in [1.29, 1.82) is 5.26 Å². The van der Waals surface area contributed by atoms with E-state index in [1.807, 2.05) is 24.3 Å². The Morgan fingerprint density at radius 2 is 1.91 bits per heavy atom. The number of benzene rings is 2. The summed E-state index contributed by atoms with van der Waals surface area (Å²) in [5.74, 6) is 0.328. The van der Waals surface area contributed by atoms with Crippen LogP contribution in [0.15, 0.2) is 42.5 Å². The van der Waals surface area contributed by atoms with Gasteiger partial charge in [0.25, 0.3) is 5.91 Å². The highest BCUT2D eigenvalue weighted by Gasteiger charge is 2.17. The van der Waals surface area contributed by atoms with E-state index < -0.39 is 0 Å². The summed E-state index contributed by atoms with van der Waals surface area (Å²) in [6.45, 7) is 6.32. The topological polar surface area (TPSA) is 62.1 Å². The molecule has 118 valence electrons. The van der Waals surface area contributed by atoms with E-state index in [0.717, 1.165) is 5.56 Å². The van der Waals surface area contributed by atoms with Crippen LogP contribution in [0.4, 0.5) is 5.69 Å². The van der Waals surface area contributed by atoms with Gasteiger partial charge in [0.05, 0.1) is 24.4 Å². The molecular formula is C19H20N2O2. The molecule has 0 bridgehead atoms. The van der Waals surface area contributed by atoms with E-state index in [0.29, 0.717) is 22.6 Å². The molecule has 4 heteroatoms. The fourth-order valence-corrected chi connectivity index (χ4v) is 2.20. The number of hydrogen-bond donors (Lipinski definition) is 1. The van der Waals surface area contributed by atoms with Gasteiger partial charge in [0.2, 0.25) is 0 Å². The number of carbonyl (C=O) groups excluding carboxylic acids is 1. The minimum atomic E-state index is -0.272. The predicted molar refractivity (Wildman–Crippen MR) is 90.8 cm³/mol. The monoisotopic (exact) mass is 308 g/mol. The second kappa shape index (κ2) is 6.53. The van der Waals surface area contributed by atoms with Crippen LogP contribution in [0.5, 0.6) is 5.75 Å². The lowest BCUT2D eigenvalue weighted by Gasteiger charge is -2.21. The van der Waals surface area contributed by atoms with Crippen molar-refractivity contribution in [3.8, 4) is 11.8 Å². The van der Waals surface area contributed by atoms with Gasteiger partial charge >= 0.3 is 0 Å². The van der Waals surface area contributed by atoms with Crippen molar-refractivity contribution in [2.45, 2.75) is 26.2 Å². The number of amides is 1. The molecule has 0 aliphatic rings. The van der Waals surface area contributed by atoms with Gasteiger partial charge in [0.1, 0.15) is 5.75 Å². The minimum absolute atomic E-state index is 0.0352. The lowest BCUT2D eigenvalue weighted by atomic mass is 9.87. The van der Waals surface area contributed by atoms with Gasteiger partial charge in [-0.15, -0.1) is 0 Å². The SMILES string of the molecule is COc1ccc(C(C)(C)C)cc1NC(=O)c1cccc(C#N)c1. The molecule has 0 aliphatic carbocycles. The van der Waals surface area contributed by atoms with E-state index in [1.165, 1.54) is 0 Å². The highest BCUT2D eigenvalue weighted by atomic mass is 16.5. The number of rotatable bonds is 3. The first kappa shape index (κ1) is 16.6. The second-order valence-corrected chi connectivity index (χ2v) is 6.31. The minimum Gasteiger partial charge on any atom is -0.495 e. The molecule has 0 saturated heterocycles. The number of anilines is 1. The maximum absolute atomic E-state index is 12.4. The molecule has 1 N–H and O–H groups in total. The van der Waals surface area contributed by atoms with Crippen LogP contribution in [-0.4, -0.2) is 13.0 Å². The van der Waals surface area contributed by atoms with Crippen molar-refractivity contribution < 1.29 is 9.53 Å². The average Bonchev–Trinajstić information content (AvgIpc) is 2.54. The van der Waals surface area contributed by atoms with Crippen LogP contribution in [0.2, 0.25) is 0 Å². The standard InChI is InChI=1S/C19H20N2O2/c1-19(2,3)15-8-9-17(23-4)16(11-15)21-18(22)14-7-5-6-13(10-14)12-20/h5-11H,1-4H3,(H,21,22). The second-order valence-electron chi connectivity index (χ2n) is 6.31. The molecule has 0 aliphatic heterocycles. The zero-order valence-electron chi connectivity index (χ0n) is 13.8. The maximum atomic E-state index is 12.4. The highest BCUT2D eigenvalue weighted by molar-refractivity contribution is 6.05. The molecule has 23 heavy (non-hydrogen) atoms. The smallest absolute Gasteiger partial charge is 0.255 e. The van der Waals surface area contributed by atoms with Crippen molar-refractivity contribution >= 4 is 11.6 Å². The van der Waals surface area contributed by atoms with Crippen LogP contribution in [0.3, 0.4) is 0 Å². The van der Waals surface area contributed by atoms with E-state index in [9.17, 15) is 4.79 Å². The molecule has 0 fully saturated rings. The molecule has 2 aromatic rings. The molecule has 1 amide bonds. The van der Waals surface area contributed by atoms with Gasteiger partial charge in [0, 0.05) is 5.56 Å². The lowest BCUT2D eigenvalue weighted by molar-refractivity contribution is 0.102. The average molecular weight is 308 g/mol. The Bertz CT molecular complexity index is 768. The molecule has 0 saturated carbocycles. The maximum Gasteiger partial charge on any atom is 0.255 e. The summed E-state index contributed by atoms with van der Waals surface area (Å²) in [6.07, 6.45) is 0. The number of carbonyl (C=O) groups is 1. The summed E-state index contributed by atoms with van der Waals surface area (Å²) in [6, 6.07) is 14.4. The first-order valence-corrected chi connectivity index (χ1v) is 7.35. The van der Waals surface area contributed by atoms with Crippen molar-refractivity contribution in [3.63, 3.8) is 0 Å². The number of nitrogens with one attached hydrogen (secondary N) is 1. The predicted octanol–water partition coefficient (Wildman–Crippen LogP) is 4.12. The van der Waals surface area contributed by atoms with Crippen molar-refractivity contribution in [2.75, 3.05) is 12.4 Å². The van der Waals surface area contributed by atoms with E-state index >= 15 is 0 Å². The Balaban J connectivity index is 2.34. The molecule has 2 aromatic carbocycles. The Morgan fingerprint density at radius 3 is 2.52 bits per heavy atom. The fraction of sp³-hybridized carbons (Fsp3) is 0.263. The van der Waals surface area contributed by atoms with Gasteiger partial charge in [0.15, 0.2) is 0 Å². The van der Waals surface area contributed by atoms with Crippen molar-refractivity contribution in [3.05, 3.63) is 59.2 Å². The van der Waals surface area contributed by atoms with Gasteiger partial charge in [-0.2, -0.15) is 5.26 Å². The molecule has 4 nitrogen and oxygen atoms in total. The third kappa shape index (κ3) is 3.89. The van der Waals surface area contributed by atoms with Gasteiger partial charge in [-0.05, 0) is 41.3 Å². The van der Waals surface area contributed by atoms with E-state index in [-0.39, 0.29) is 11.3 Å². The number of hydrogen-bond acceptors (Lipinski definition) is 3. The molecule has 0 aromatic heterocycles. The molecule has 0 radical (unpaired) electrons. The molecule has 0 unspecified atom stereocenters. The number of nitrogens with zero attached hydrogens (tertiary/aromatic N) is 1. The van der Waals surface area contributed by atoms with Crippen LogP contribution < -0.4 is 10.1 Å². The fourth-order valence-electron chi connectivity index (χ4n) is 2.20. The van der Waals surface area contributed by atoms with Gasteiger partial charge in [-0.1, -0.05) is 32.9 Å². The summed E-state index contributed by atoms with van der Waals surface area (Å²) in [5.41, 5.74) is 2.57. The third-order valence-electron chi connectivity index (χ3n) is 3.57. The molecular weight excluding hydrogens is 288 g/mol. The lowest BCUT2D eigenvalue weighted by Crippen LogP contribution is -2.15. The zero-order chi connectivity index (χ0) is 17.0. The highest BCUT2D eigenvalue weighted by Crippen LogP contribution is 2.31. The Hall–Kier alpha value is -2.80. The molecule has 0 atom stereocenters. The Kier molecular flexibility index (Phi) is 4.71. The summed E-state index contributed by atoms with van der Waals surface area (Å²) >= 11 is 0. The van der Waals surface area contributed by atoms with Crippen LogP contribution in [-0.2, 0) is 5.41 Å². The number of nitriles is 1. The van der Waals surface area contributed by atoms with Crippen LogP contribution in [0.1, 0.15) is 42.3 Å². The molecule has 0 heterocycles. The summed E-state index contributed by atoms with van der Waals surface area (Å²) < 4.78 is 5.33. The van der Waals surface area contributed by atoms with Gasteiger partial charge in [-0.3, -0.25) is 4.79 Å². The first-order chi connectivity index (χ1) is 10.8. The largest absolute Gasteiger partial charge is 0.495 e. The van der Waals surface area contributed by atoms with Gasteiger partial charge < -0.3 is 10.1 Å². The van der Waals surface area contributed by atoms with Crippen LogP contribution >= 0.6 is 0 Å². The van der Waals surface area contributed by atoms with Gasteiger partial charge in [-0.25, -0.2) is 0 Å². The van der Waals surface area contributed by atoms with E-state index in [4.69, 9.17) is 10.00 Å².